The van der Waals surface area contributed by atoms with Gasteiger partial charge in [0.2, 0.25) is 0 Å². The smallest absolute Gasteiger partial charge is 0.181 e. The number of hydrogen-bond acceptors (Lipinski definition) is 1. The van der Waals surface area contributed by atoms with Gasteiger partial charge in [-0.3, -0.25) is 4.79 Å². The van der Waals surface area contributed by atoms with Crippen molar-refractivity contribution in [2.75, 3.05) is 0 Å². The van der Waals surface area contributed by atoms with Gasteiger partial charge in [0.15, 0.2) is 5.78 Å². The molecule has 0 aliphatic heterocycles. The summed E-state index contributed by atoms with van der Waals surface area (Å²) in [7, 11) is 0. The van der Waals surface area contributed by atoms with E-state index in [4.69, 9.17) is 0 Å². The Bertz CT molecular complexity index is 983. The zero-order valence-corrected chi connectivity index (χ0v) is 23.0. The fourth-order valence-electron chi connectivity index (χ4n) is 9.44. The zero-order valence-electron chi connectivity index (χ0n) is 23.0. The lowest BCUT2D eigenvalue weighted by Crippen LogP contribution is -2.51. The van der Waals surface area contributed by atoms with E-state index in [2.05, 4.69) is 77.1 Å². The molecule has 0 heterocycles. The van der Waals surface area contributed by atoms with Gasteiger partial charge >= 0.3 is 0 Å². The van der Waals surface area contributed by atoms with Crippen molar-refractivity contribution < 1.29 is 4.79 Å². The Balaban J connectivity index is 1.36. The third-order valence-electron chi connectivity index (χ3n) is 11.3. The molecule has 1 aromatic carbocycles. The molecule has 1 nitrogen and oxygen atoms in total. The van der Waals surface area contributed by atoms with Gasteiger partial charge in [0.05, 0.1) is 0 Å². The summed E-state index contributed by atoms with van der Waals surface area (Å²) in [5, 5.41) is 0. The quantitative estimate of drug-likeness (QED) is 0.377. The summed E-state index contributed by atoms with van der Waals surface area (Å²) in [6, 6.07) is 10.4. The summed E-state index contributed by atoms with van der Waals surface area (Å²) < 4.78 is 0. The van der Waals surface area contributed by atoms with E-state index in [0.29, 0.717) is 5.41 Å². The minimum Gasteiger partial charge on any atom is -0.290 e. The van der Waals surface area contributed by atoms with Gasteiger partial charge in [-0.25, -0.2) is 0 Å². The van der Waals surface area contributed by atoms with Crippen LogP contribution in [0.15, 0.2) is 47.6 Å². The van der Waals surface area contributed by atoms with Crippen LogP contribution in [0.4, 0.5) is 0 Å². The van der Waals surface area contributed by atoms with E-state index in [-0.39, 0.29) is 11.2 Å². The molecule has 1 heteroatoms. The van der Waals surface area contributed by atoms with Crippen LogP contribution in [0.25, 0.3) is 6.08 Å². The highest BCUT2D eigenvalue weighted by atomic mass is 16.1. The van der Waals surface area contributed by atoms with Crippen molar-refractivity contribution in [2.45, 2.75) is 98.8 Å². The number of carbonyl (C=O) groups is 1. The lowest BCUT2D eigenvalue weighted by atomic mass is 9.46. The molecule has 7 atom stereocenters. The summed E-state index contributed by atoms with van der Waals surface area (Å²) in [6.07, 6.45) is 17.5. The predicted octanol–water partition coefficient (Wildman–Crippen LogP) is 9.29. The molecule has 0 radical (unpaired) electrons. The number of fused-ring (bicyclic) bond motifs is 5. The predicted molar refractivity (Wildman–Crippen MR) is 148 cm³/mol. The number of rotatable bonds is 6. The number of carbonyl (C=O) groups excluding carboxylic acids is 1. The van der Waals surface area contributed by atoms with Gasteiger partial charge in [-0.15, -0.1) is 0 Å². The van der Waals surface area contributed by atoms with Gasteiger partial charge in [-0.2, -0.15) is 0 Å². The largest absolute Gasteiger partial charge is 0.290 e. The molecule has 1 aromatic rings. The van der Waals surface area contributed by atoms with Crippen LogP contribution in [-0.4, -0.2) is 5.78 Å². The number of benzene rings is 1. The van der Waals surface area contributed by atoms with Gasteiger partial charge < -0.3 is 0 Å². The maximum Gasteiger partial charge on any atom is 0.181 e. The second-order valence-corrected chi connectivity index (χ2v) is 13.7. The summed E-state index contributed by atoms with van der Waals surface area (Å²) in [4.78, 5) is 13.1. The van der Waals surface area contributed by atoms with Gasteiger partial charge in [0.1, 0.15) is 0 Å². The first-order valence-corrected chi connectivity index (χ1v) is 14.7. The van der Waals surface area contributed by atoms with Crippen LogP contribution in [0.2, 0.25) is 0 Å². The molecule has 35 heavy (non-hydrogen) atoms. The SMILES string of the molecule is CC(C)CCCC(C)C1CCC2C3CCC4=CC(=O)C(=Cc5ccccc5)CC4(C)C3CCC12C. The second-order valence-electron chi connectivity index (χ2n) is 13.7. The minimum atomic E-state index is 0.166. The van der Waals surface area contributed by atoms with E-state index in [1.54, 1.807) is 0 Å². The molecule has 0 N–H and O–H groups in total. The number of ketones is 1. The Morgan fingerprint density at radius 3 is 2.49 bits per heavy atom. The molecule has 0 amide bonds. The number of allylic oxidation sites excluding steroid dienone is 2. The normalized spacial score (nSPS) is 38.6. The molecule has 3 saturated carbocycles. The Kier molecular flexibility index (Phi) is 6.92. The van der Waals surface area contributed by atoms with Crippen LogP contribution < -0.4 is 0 Å². The molecule has 0 saturated heterocycles. The molecule has 190 valence electrons. The lowest BCUT2D eigenvalue weighted by molar-refractivity contribution is -0.113. The summed E-state index contributed by atoms with van der Waals surface area (Å²) >= 11 is 0. The van der Waals surface area contributed by atoms with E-state index in [1.807, 2.05) is 0 Å². The van der Waals surface area contributed by atoms with Gasteiger partial charge in [0, 0.05) is 5.57 Å². The second kappa shape index (κ2) is 9.68. The maximum absolute atomic E-state index is 13.1. The molecule has 4 aliphatic carbocycles. The fraction of sp³-hybridized carbons (Fsp3) is 0.676. The van der Waals surface area contributed by atoms with Crippen LogP contribution in [0.5, 0.6) is 0 Å². The van der Waals surface area contributed by atoms with Crippen molar-refractivity contribution in [3.8, 4) is 0 Å². The Morgan fingerprint density at radius 1 is 0.971 bits per heavy atom. The van der Waals surface area contributed by atoms with E-state index in [9.17, 15) is 4.79 Å². The maximum atomic E-state index is 13.1. The van der Waals surface area contributed by atoms with E-state index in [1.165, 1.54) is 56.9 Å². The van der Waals surface area contributed by atoms with Crippen molar-refractivity contribution in [3.63, 3.8) is 0 Å². The third-order valence-corrected chi connectivity index (χ3v) is 11.3. The Morgan fingerprint density at radius 2 is 1.74 bits per heavy atom. The van der Waals surface area contributed by atoms with Crippen molar-refractivity contribution >= 4 is 11.9 Å². The van der Waals surface area contributed by atoms with Crippen LogP contribution in [0.1, 0.15) is 104 Å². The van der Waals surface area contributed by atoms with Crippen LogP contribution in [0.3, 0.4) is 0 Å². The van der Waals surface area contributed by atoms with Crippen molar-refractivity contribution in [2.24, 2.45) is 46.3 Å². The third kappa shape index (κ3) is 4.51. The molecule has 3 fully saturated rings. The van der Waals surface area contributed by atoms with E-state index < -0.39 is 0 Å². The first kappa shape index (κ1) is 25.0. The van der Waals surface area contributed by atoms with E-state index >= 15 is 0 Å². The summed E-state index contributed by atoms with van der Waals surface area (Å²) in [5.74, 6) is 5.33. The van der Waals surface area contributed by atoms with Crippen molar-refractivity contribution in [1.82, 2.24) is 0 Å². The van der Waals surface area contributed by atoms with E-state index in [0.717, 1.165) is 59.5 Å². The van der Waals surface area contributed by atoms with Crippen LogP contribution >= 0.6 is 0 Å². The van der Waals surface area contributed by atoms with Crippen molar-refractivity contribution in [1.29, 1.82) is 0 Å². The van der Waals surface area contributed by atoms with Gasteiger partial charge in [-0.1, -0.05) is 89.8 Å². The van der Waals surface area contributed by atoms with Crippen LogP contribution in [-0.2, 0) is 4.79 Å². The molecule has 0 bridgehead atoms. The Labute approximate surface area is 214 Å². The van der Waals surface area contributed by atoms with Crippen LogP contribution in [0, 0.1) is 46.3 Å². The average molecular weight is 473 g/mol. The highest BCUT2D eigenvalue weighted by Crippen LogP contribution is 2.68. The molecule has 4 aliphatic rings. The number of hydrogen-bond donors (Lipinski definition) is 0. The molecule has 0 aromatic heterocycles. The monoisotopic (exact) mass is 472 g/mol. The van der Waals surface area contributed by atoms with Crippen molar-refractivity contribution in [3.05, 3.63) is 53.1 Å². The Hall–Kier alpha value is -1.63. The highest BCUT2D eigenvalue weighted by molar-refractivity contribution is 6.08. The standard InChI is InChI=1S/C34H48O/c1-23(2)10-9-11-24(3)29-16-17-30-28-15-14-27-21-32(35)26(20-25-12-7-6-8-13-25)22-34(27,5)31(28)18-19-33(29,30)4/h6-8,12-13,20-21,23-24,28-31H,9-11,14-19,22H2,1-5H3. The van der Waals surface area contributed by atoms with Gasteiger partial charge in [-0.05, 0) is 109 Å². The molecule has 7 unspecified atom stereocenters. The summed E-state index contributed by atoms with van der Waals surface area (Å²) in [6.45, 7) is 12.5. The fourth-order valence-corrected chi connectivity index (χ4v) is 9.44. The molecular weight excluding hydrogens is 424 g/mol. The summed E-state index contributed by atoms with van der Waals surface area (Å²) in [5.41, 5.74) is 4.35. The molecular formula is C34H48O. The first-order valence-electron chi connectivity index (χ1n) is 14.7. The molecule has 0 spiro atoms. The average Bonchev–Trinajstić information content (AvgIpc) is 3.18. The zero-order chi connectivity index (χ0) is 24.8. The topological polar surface area (TPSA) is 17.1 Å². The highest BCUT2D eigenvalue weighted by Gasteiger charge is 2.59. The minimum absolute atomic E-state index is 0.166. The van der Waals surface area contributed by atoms with Gasteiger partial charge in [0.25, 0.3) is 0 Å². The lowest BCUT2D eigenvalue weighted by Gasteiger charge is -2.58. The first-order chi connectivity index (χ1) is 16.7. The molecule has 5 rings (SSSR count).